The number of benzene rings is 1. The first-order valence-electron chi connectivity index (χ1n) is 6.14. The highest BCUT2D eigenvalue weighted by atomic mass is 35.5. The van der Waals surface area contributed by atoms with Gasteiger partial charge in [-0.15, -0.1) is 0 Å². The van der Waals surface area contributed by atoms with E-state index in [0.717, 1.165) is 5.56 Å². The van der Waals surface area contributed by atoms with Gasteiger partial charge < -0.3 is 10.4 Å². The third-order valence-electron chi connectivity index (χ3n) is 2.65. The molecule has 2 aromatic rings. The Labute approximate surface area is 125 Å². The first-order chi connectivity index (χ1) is 10.0. The second kappa shape index (κ2) is 6.81. The second-order valence-electron chi connectivity index (χ2n) is 4.28. The number of carboxylic acid groups (broad SMARTS) is 1. The van der Waals surface area contributed by atoms with Crippen LogP contribution in [0.4, 0.5) is 5.69 Å². The molecule has 1 aromatic heterocycles. The normalized spacial score (nSPS) is 10.1. The number of nitrogens with zero attached hydrogens (tertiary/aromatic N) is 2. The molecule has 2 rings (SSSR count). The maximum atomic E-state index is 12.0. The Bertz CT molecular complexity index is 676. The molecular weight excluding hydrogens is 294 g/mol. The van der Waals surface area contributed by atoms with Crippen LogP contribution in [0.2, 0.25) is 5.15 Å². The minimum atomic E-state index is -0.862. The molecule has 0 aliphatic rings. The molecule has 0 spiro atoms. The fourth-order valence-electron chi connectivity index (χ4n) is 1.70. The van der Waals surface area contributed by atoms with Crippen molar-refractivity contribution >= 4 is 29.2 Å². The maximum absolute atomic E-state index is 12.0. The van der Waals surface area contributed by atoms with Crippen LogP contribution in [0, 0.1) is 0 Å². The number of hydrogen-bond acceptors (Lipinski definition) is 4. The molecule has 0 saturated heterocycles. The van der Waals surface area contributed by atoms with Crippen LogP contribution in [0.3, 0.4) is 0 Å². The smallest absolute Gasteiger partial charge is 0.303 e. The summed E-state index contributed by atoms with van der Waals surface area (Å²) < 4.78 is 0. The van der Waals surface area contributed by atoms with E-state index in [1.165, 1.54) is 12.4 Å². The van der Waals surface area contributed by atoms with Gasteiger partial charge in [0.05, 0.1) is 12.4 Å². The van der Waals surface area contributed by atoms with E-state index in [4.69, 9.17) is 16.7 Å². The monoisotopic (exact) mass is 305 g/mol. The molecule has 0 radical (unpaired) electrons. The summed E-state index contributed by atoms with van der Waals surface area (Å²) in [6.45, 7) is 0. The van der Waals surface area contributed by atoms with E-state index in [9.17, 15) is 9.59 Å². The SMILES string of the molecule is O=C(O)CCc1cccc(NC(=O)c2cncc(Cl)n2)c1. The number of carboxylic acids is 1. The predicted molar refractivity (Wildman–Crippen MR) is 77.4 cm³/mol. The molecule has 2 N–H and O–H groups in total. The lowest BCUT2D eigenvalue weighted by atomic mass is 10.1. The molecule has 1 heterocycles. The number of carbonyl (C=O) groups excluding carboxylic acids is 1. The molecule has 7 heteroatoms. The summed E-state index contributed by atoms with van der Waals surface area (Å²) in [5.74, 6) is -1.29. The van der Waals surface area contributed by atoms with Crippen LogP contribution in [0.5, 0.6) is 0 Å². The van der Waals surface area contributed by atoms with Crippen molar-refractivity contribution < 1.29 is 14.7 Å². The Morgan fingerprint density at radius 2 is 2.10 bits per heavy atom. The lowest BCUT2D eigenvalue weighted by molar-refractivity contribution is -0.136. The molecule has 1 aromatic carbocycles. The summed E-state index contributed by atoms with van der Waals surface area (Å²) in [4.78, 5) is 30.2. The second-order valence-corrected chi connectivity index (χ2v) is 4.66. The Balaban J connectivity index is 2.07. The third-order valence-corrected chi connectivity index (χ3v) is 2.83. The summed E-state index contributed by atoms with van der Waals surface area (Å²) in [7, 11) is 0. The molecule has 0 saturated carbocycles. The fourth-order valence-corrected chi connectivity index (χ4v) is 1.85. The average Bonchev–Trinajstić information content (AvgIpc) is 2.45. The van der Waals surface area contributed by atoms with Gasteiger partial charge in [-0.3, -0.25) is 14.6 Å². The number of anilines is 1. The predicted octanol–water partition coefficient (Wildman–Crippen LogP) is 2.40. The summed E-state index contributed by atoms with van der Waals surface area (Å²) in [6, 6.07) is 6.98. The highest BCUT2D eigenvalue weighted by molar-refractivity contribution is 6.29. The molecule has 6 nitrogen and oxygen atoms in total. The van der Waals surface area contributed by atoms with Gasteiger partial charge in [-0.25, -0.2) is 4.98 Å². The topological polar surface area (TPSA) is 92.2 Å². The van der Waals surface area contributed by atoms with E-state index in [2.05, 4.69) is 15.3 Å². The Morgan fingerprint density at radius 1 is 1.29 bits per heavy atom. The summed E-state index contributed by atoms with van der Waals surface area (Å²) in [5.41, 5.74) is 1.50. The standard InChI is InChI=1S/C14H12ClN3O3/c15-12-8-16-7-11(18-12)14(21)17-10-3-1-2-9(6-10)4-5-13(19)20/h1-3,6-8H,4-5H2,(H,17,21)(H,19,20). The van der Waals surface area contributed by atoms with Crippen LogP contribution in [-0.2, 0) is 11.2 Å². The van der Waals surface area contributed by atoms with E-state index in [0.29, 0.717) is 12.1 Å². The molecule has 21 heavy (non-hydrogen) atoms. The molecule has 0 atom stereocenters. The largest absolute Gasteiger partial charge is 0.481 e. The minimum absolute atomic E-state index is 0.0389. The van der Waals surface area contributed by atoms with Crippen LogP contribution in [0.15, 0.2) is 36.7 Å². The van der Waals surface area contributed by atoms with Gasteiger partial charge in [0.2, 0.25) is 0 Å². The third kappa shape index (κ3) is 4.54. The van der Waals surface area contributed by atoms with Crippen molar-refractivity contribution in [2.45, 2.75) is 12.8 Å². The van der Waals surface area contributed by atoms with Crippen molar-refractivity contribution in [1.82, 2.24) is 9.97 Å². The number of nitrogens with one attached hydrogen (secondary N) is 1. The van der Waals surface area contributed by atoms with Crippen LogP contribution in [0.25, 0.3) is 0 Å². The van der Waals surface area contributed by atoms with Crippen molar-refractivity contribution in [2.75, 3.05) is 5.32 Å². The number of aliphatic carboxylic acids is 1. The summed E-state index contributed by atoms with van der Waals surface area (Å²) >= 11 is 5.68. The van der Waals surface area contributed by atoms with E-state index in [1.54, 1.807) is 24.3 Å². The van der Waals surface area contributed by atoms with Gasteiger partial charge in [0.1, 0.15) is 10.8 Å². The van der Waals surface area contributed by atoms with E-state index >= 15 is 0 Å². The van der Waals surface area contributed by atoms with Gasteiger partial charge in [-0.1, -0.05) is 23.7 Å². The molecule has 0 unspecified atom stereocenters. The Morgan fingerprint density at radius 3 is 2.81 bits per heavy atom. The number of carbonyl (C=O) groups is 2. The fraction of sp³-hybridized carbons (Fsp3) is 0.143. The van der Waals surface area contributed by atoms with Crippen LogP contribution >= 0.6 is 11.6 Å². The number of aryl methyl sites for hydroxylation is 1. The number of aromatic nitrogens is 2. The zero-order valence-electron chi connectivity index (χ0n) is 10.9. The van der Waals surface area contributed by atoms with Crippen molar-refractivity contribution in [2.24, 2.45) is 0 Å². The summed E-state index contributed by atoms with van der Waals surface area (Å²) in [6.07, 6.45) is 3.09. The van der Waals surface area contributed by atoms with Crippen molar-refractivity contribution in [3.63, 3.8) is 0 Å². The van der Waals surface area contributed by atoms with E-state index < -0.39 is 11.9 Å². The Kier molecular flexibility index (Phi) is 4.84. The zero-order chi connectivity index (χ0) is 15.2. The average molecular weight is 306 g/mol. The molecule has 0 fully saturated rings. The van der Waals surface area contributed by atoms with Crippen molar-refractivity contribution in [3.05, 3.63) is 53.1 Å². The van der Waals surface area contributed by atoms with E-state index in [1.807, 2.05) is 0 Å². The molecular formula is C14H12ClN3O3. The van der Waals surface area contributed by atoms with Gasteiger partial charge in [-0.05, 0) is 24.1 Å². The first-order valence-corrected chi connectivity index (χ1v) is 6.52. The van der Waals surface area contributed by atoms with Crippen LogP contribution < -0.4 is 5.32 Å². The molecule has 0 aliphatic carbocycles. The maximum Gasteiger partial charge on any atom is 0.303 e. The minimum Gasteiger partial charge on any atom is -0.481 e. The van der Waals surface area contributed by atoms with Gasteiger partial charge >= 0.3 is 5.97 Å². The lowest BCUT2D eigenvalue weighted by Crippen LogP contribution is -2.14. The number of halogens is 1. The van der Waals surface area contributed by atoms with Crippen LogP contribution in [0.1, 0.15) is 22.5 Å². The van der Waals surface area contributed by atoms with Crippen molar-refractivity contribution in [1.29, 1.82) is 0 Å². The van der Waals surface area contributed by atoms with Crippen molar-refractivity contribution in [3.8, 4) is 0 Å². The number of hydrogen-bond donors (Lipinski definition) is 2. The quantitative estimate of drug-likeness (QED) is 0.885. The number of rotatable bonds is 5. The molecule has 0 aliphatic heterocycles. The molecule has 1 amide bonds. The number of amides is 1. The summed E-state index contributed by atoms with van der Waals surface area (Å²) in [5, 5.41) is 11.5. The molecule has 0 bridgehead atoms. The highest BCUT2D eigenvalue weighted by Crippen LogP contribution is 2.13. The lowest BCUT2D eigenvalue weighted by Gasteiger charge is -2.06. The van der Waals surface area contributed by atoms with Gasteiger partial charge in [0, 0.05) is 12.1 Å². The van der Waals surface area contributed by atoms with Gasteiger partial charge in [0.25, 0.3) is 5.91 Å². The van der Waals surface area contributed by atoms with Gasteiger partial charge in [-0.2, -0.15) is 0 Å². The van der Waals surface area contributed by atoms with E-state index in [-0.39, 0.29) is 17.3 Å². The zero-order valence-corrected chi connectivity index (χ0v) is 11.7. The van der Waals surface area contributed by atoms with Gasteiger partial charge in [0.15, 0.2) is 0 Å². The highest BCUT2D eigenvalue weighted by Gasteiger charge is 2.09. The Hall–Kier alpha value is -2.47. The first kappa shape index (κ1) is 14.9. The van der Waals surface area contributed by atoms with Crippen LogP contribution in [-0.4, -0.2) is 27.0 Å². The molecule has 108 valence electrons.